The fourth-order valence-corrected chi connectivity index (χ4v) is 4.94. The molecule has 1 aromatic heterocycles. The van der Waals surface area contributed by atoms with E-state index < -0.39 is 62.2 Å². The number of nitrogens with two attached hydrogens (primary N) is 1. The van der Waals surface area contributed by atoms with Gasteiger partial charge in [0.25, 0.3) is 0 Å². The molecule has 37 heavy (non-hydrogen) atoms. The summed E-state index contributed by atoms with van der Waals surface area (Å²) in [7, 11) is -4.37. The van der Waals surface area contributed by atoms with Crippen LogP contribution in [-0.2, 0) is 23.4 Å². The SMILES string of the molecule is C#C[C@]1(COP(=O)(N[C@@H](C)C(=O)OC(C)C)Oc2ccccc2)O[C@@H](n2ccc(N)nc2=O)C(O)C1O. The van der Waals surface area contributed by atoms with Gasteiger partial charge in [0.2, 0.25) is 0 Å². The number of nitrogens with one attached hydrogen (secondary N) is 1. The average molecular weight is 536 g/mol. The molecule has 13 nitrogen and oxygen atoms in total. The summed E-state index contributed by atoms with van der Waals surface area (Å²) in [5, 5.41) is 23.9. The summed E-state index contributed by atoms with van der Waals surface area (Å²) in [6, 6.07) is 8.13. The largest absolute Gasteiger partial charge is 0.462 e. The summed E-state index contributed by atoms with van der Waals surface area (Å²) in [6.07, 6.45) is 1.50. The molecule has 0 amide bonds. The quantitative estimate of drug-likeness (QED) is 0.188. The van der Waals surface area contributed by atoms with Crippen molar-refractivity contribution in [2.45, 2.75) is 57.0 Å². The summed E-state index contributed by atoms with van der Waals surface area (Å²) in [5.41, 5.74) is 2.58. The molecular formula is C23H29N4O9P. The van der Waals surface area contributed by atoms with Crippen molar-refractivity contribution in [1.82, 2.24) is 14.6 Å². The van der Waals surface area contributed by atoms with Gasteiger partial charge in [0.05, 0.1) is 6.10 Å². The van der Waals surface area contributed by atoms with E-state index in [1.807, 2.05) is 0 Å². The number of aliphatic hydroxyl groups is 2. The van der Waals surface area contributed by atoms with E-state index in [-0.39, 0.29) is 11.6 Å². The van der Waals surface area contributed by atoms with E-state index in [0.29, 0.717) is 0 Å². The lowest BCUT2D eigenvalue weighted by Crippen LogP contribution is -2.46. The summed E-state index contributed by atoms with van der Waals surface area (Å²) in [4.78, 5) is 28.1. The maximum Gasteiger partial charge on any atom is 0.459 e. The summed E-state index contributed by atoms with van der Waals surface area (Å²) in [6.45, 7) is 3.94. The molecule has 0 saturated carbocycles. The van der Waals surface area contributed by atoms with Gasteiger partial charge in [-0.2, -0.15) is 10.1 Å². The highest BCUT2D eigenvalue weighted by atomic mass is 31.2. The Kier molecular flexibility index (Phi) is 8.76. The number of carbonyl (C=O) groups is 1. The normalized spacial score (nSPS) is 25.7. The minimum Gasteiger partial charge on any atom is -0.462 e. The molecule has 1 aromatic carbocycles. The van der Waals surface area contributed by atoms with Crippen LogP contribution in [0.3, 0.4) is 0 Å². The number of nitrogens with zero attached hydrogens (tertiary/aromatic N) is 2. The Morgan fingerprint density at radius 1 is 1.32 bits per heavy atom. The summed E-state index contributed by atoms with van der Waals surface area (Å²) < 4.78 is 36.5. The molecule has 0 bridgehead atoms. The van der Waals surface area contributed by atoms with E-state index in [2.05, 4.69) is 16.0 Å². The number of benzene rings is 1. The third-order valence-electron chi connectivity index (χ3n) is 5.27. The molecular weight excluding hydrogens is 507 g/mol. The first-order valence-corrected chi connectivity index (χ1v) is 12.8. The lowest BCUT2D eigenvalue weighted by Gasteiger charge is -2.29. The number of aromatic nitrogens is 2. The number of hydrogen-bond donors (Lipinski definition) is 4. The number of aliphatic hydroxyl groups excluding tert-OH is 2. The van der Waals surface area contributed by atoms with Crippen LogP contribution in [0.5, 0.6) is 5.75 Å². The molecule has 14 heteroatoms. The molecule has 1 fully saturated rings. The standard InChI is InChI=1S/C23H29N4O9P/c1-5-23(19(29)18(28)20(35-23)27-12-11-17(24)25-22(27)31)13-33-37(32,36-16-9-7-6-8-10-16)26-15(4)21(30)34-14(2)3/h1,6-12,14-15,18-20,28-29H,13H2,2-4H3,(H,26,32)(H2,24,25,31)/t15-,18?,19?,20+,23+,37?/m0/s1. The van der Waals surface area contributed by atoms with E-state index >= 15 is 0 Å². The molecule has 5 N–H and O–H groups in total. The van der Waals surface area contributed by atoms with Gasteiger partial charge in [0, 0.05) is 6.20 Å². The number of para-hydroxylation sites is 1. The molecule has 2 heterocycles. The number of hydrogen-bond acceptors (Lipinski definition) is 11. The van der Waals surface area contributed by atoms with Gasteiger partial charge in [0.15, 0.2) is 11.8 Å². The van der Waals surface area contributed by atoms with Crippen LogP contribution in [0.1, 0.15) is 27.0 Å². The molecule has 3 rings (SSSR count). The van der Waals surface area contributed by atoms with Crippen molar-refractivity contribution in [3.8, 4) is 18.1 Å². The van der Waals surface area contributed by atoms with Gasteiger partial charge in [-0.25, -0.2) is 9.36 Å². The monoisotopic (exact) mass is 536 g/mol. The second kappa shape index (κ2) is 11.4. The van der Waals surface area contributed by atoms with E-state index in [9.17, 15) is 24.4 Å². The van der Waals surface area contributed by atoms with E-state index in [0.717, 1.165) is 4.57 Å². The van der Waals surface area contributed by atoms with Crippen LogP contribution in [0.25, 0.3) is 0 Å². The van der Waals surface area contributed by atoms with Gasteiger partial charge in [-0.3, -0.25) is 13.9 Å². The molecule has 1 aliphatic heterocycles. The van der Waals surface area contributed by atoms with Crippen LogP contribution in [0.4, 0.5) is 5.82 Å². The minimum atomic E-state index is -4.37. The number of ether oxygens (including phenoxy) is 2. The molecule has 200 valence electrons. The van der Waals surface area contributed by atoms with Crippen LogP contribution in [0.15, 0.2) is 47.4 Å². The number of carbonyl (C=O) groups excluding carboxylic acids is 1. The second-order valence-electron chi connectivity index (χ2n) is 8.53. The first kappa shape index (κ1) is 28.3. The summed E-state index contributed by atoms with van der Waals surface area (Å²) >= 11 is 0. The van der Waals surface area contributed by atoms with Gasteiger partial charge in [0.1, 0.15) is 36.4 Å². The zero-order valence-corrected chi connectivity index (χ0v) is 21.3. The predicted octanol–water partition coefficient (Wildman–Crippen LogP) is 0.582. The molecule has 2 aromatic rings. The molecule has 1 saturated heterocycles. The van der Waals surface area contributed by atoms with Crippen molar-refractivity contribution in [2.24, 2.45) is 0 Å². The number of esters is 1. The van der Waals surface area contributed by atoms with Gasteiger partial charge in [-0.15, -0.1) is 6.42 Å². The van der Waals surface area contributed by atoms with Crippen LogP contribution in [0, 0.1) is 12.3 Å². The molecule has 1 aliphatic rings. The van der Waals surface area contributed by atoms with E-state index in [1.54, 1.807) is 32.0 Å². The van der Waals surface area contributed by atoms with Crippen LogP contribution in [-0.4, -0.2) is 62.3 Å². The van der Waals surface area contributed by atoms with Gasteiger partial charge in [-0.05, 0) is 39.0 Å². The Labute approximate surface area is 213 Å². The van der Waals surface area contributed by atoms with E-state index in [1.165, 1.54) is 31.3 Å². The van der Waals surface area contributed by atoms with Crippen molar-refractivity contribution in [3.05, 3.63) is 53.1 Å². The third-order valence-corrected chi connectivity index (χ3v) is 6.89. The molecule has 6 atom stereocenters. The molecule has 0 radical (unpaired) electrons. The third kappa shape index (κ3) is 6.56. The van der Waals surface area contributed by atoms with Crippen LogP contribution >= 0.6 is 7.75 Å². The smallest absolute Gasteiger partial charge is 0.459 e. The number of anilines is 1. The van der Waals surface area contributed by atoms with Crippen molar-refractivity contribution < 1.29 is 38.1 Å². The maximum absolute atomic E-state index is 13.7. The maximum atomic E-state index is 13.7. The zero-order valence-electron chi connectivity index (χ0n) is 20.4. The van der Waals surface area contributed by atoms with Gasteiger partial charge >= 0.3 is 19.4 Å². The summed E-state index contributed by atoms with van der Waals surface area (Å²) in [5.74, 6) is 1.58. The highest BCUT2D eigenvalue weighted by molar-refractivity contribution is 7.52. The van der Waals surface area contributed by atoms with Crippen LogP contribution < -0.4 is 21.0 Å². The highest BCUT2D eigenvalue weighted by Gasteiger charge is 2.56. The Hall–Kier alpha value is -3.24. The topological polar surface area (TPSA) is 184 Å². The number of nitrogen functional groups attached to an aromatic ring is 1. The van der Waals surface area contributed by atoms with Gasteiger partial charge < -0.3 is 29.9 Å². The van der Waals surface area contributed by atoms with Crippen molar-refractivity contribution in [1.29, 1.82) is 0 Å². The minimum absolute atomic E-state index is 0.0592. The fourth-order valence-electron chi connectivity index (χ4n) is 3.42. The Balaban J connectivity index is 1.86. The van der Waals surface area contributed by atoms with Crippen molar-refractivity contribution in [3.63, 3.8) is 0 Å². The Bertz CT molecular complexity index is 1250. The van der Waals surface area contributed by atoms with Crippen molar-refractivity contribution in [2.75, 3.05) is 12.3 Å². The lowest BCUT2D eigenvalue weighted by atomic mass is 9.97. The second-order valence-corrected chi connectivity index (χ2v) is 10.2. The Morgan fingerprint density at radius 2 is 2.00 bits per heavy atom. The van der Waals surface area contributed by atoms with Gasteiger partial charge in [-0.1, -0.05) is 24.1 Å². The fraction of sp³-hybridized carbons (Fsp3) is 0.435. The van der Waals surface area contributed by atoms with Crippen molar-refractivity contribution >= 4 is 19.5 Å². The first-order valence-electron chi connectivity index (χ1n) is 11.2. The Morgan fingerprint density at radius 3 is 2.59 bits per heavy atom. The highest BCUT2D eigenvalue weighted by Crippen LogP contribution is 2.47. The lowest BCUT2D eigenvalue weighted by molar-refractivity contribution is -0.149. The number of terminal acetylenes is 1. The van der Waals surface area contributed by atoms with Crippen LogP contribution in [0.2, 0.25) is 0 Å². The first-order chi connectivity index (χ1) is 17.4. The molecule has 3 unspecified atom stereocenters. The predicted molar refractivity (Wildman–Crippen MR) is 131 cm³/mol. The number of rotatable bonds is 10. The molecule has 0 spiro atoms. The average Bonchev–Trinajstić information content (AvgIpc) is 3.08. The molecule has 0 aliphatic carbocycles. The zero-order chi connectivity index (χ0) is 27.4. The van der Waals surface area contributed by atoms with E-state index in [4.69, 9.17) is 30.7 Å².